The highest BCUT2D eigenvalue weighted by atomic mass is 15.0. The predicted molar refractivity (Wildman–Crippen MR) is 90.0 cm³/mol. The molecular weight excluding hydrogens is 270 g/mol. The van der Waals surface area contributed by atoms with Gasteiger partial charge in [-0.1, -0.05) is 24.3 Å². The van der Waals surface area contributed by atoms with Crippen LogP contribution in [0.5, 0.6) is 0 Å². The molecule has 0 saturated carbocycles. The number of hydrogen-bond acceptors (Lipinski definition) is 3. The minimum Gasteiger partial charge on any atom is -0.385 e. The summed E-state index contributed by atoms with van der Waals surface area (Å²) in [5.41, 5.74) is 5.32. The number of allylic oxidation sites excluding steroid dienone is 1. The highest BCUT2D eigenvalue weighted by Gasteiger charge is 2.27. The third-order valence-corrected chi connectivity index (χ3v) is 4.67. The summed E-state index contributed by atoms with van der Waals surface area (Å²) in [7, 11) is 0. The first kappa shape index (κ1) is 13.5. The van der Waals surface area contributed by atoms with E-state index in [0.717, 1.165) is 25.7 Å². The van der Waals surface area contributed by atoms with Crippen LogP contribution >= 0.6 is 0 Å². The van der Waals surface area contributed by atoms with E-state index in [-0.39, 0.29) is 0 Å². The molecule has 1 aromatic rings. The van der Waals surface area contributed by atoms with Crippen molar-refractivity contribution < 1.29 is 0 Å². The number of nitrogens with one attached hydrogen (secondary N) is 3. The quantitative estimate of drug-likeness (QED) is 0.783. The summed E-state index contributed by atoms with van der Waals surface area (Å²) in [6, 6.07) is 9.35. The lowest BCUT2D eigenvalue weighted by Gasteiger charge is -2.33. The van der Waals surface area contributed by atoms with Gasteiger partial charge in [-0.25, -0.2) is 0 Å². The molecule has 3 N–H and O–H groups in total. The molecule has 0 spiro atoms. The maximum absolute atomic E-state index is 3.71. The molecule has 3 nitrogen and oxygen atoms in total. The van der Waals surface area contributed by atoms with Gasteiger partial charge in [-0.2, -0.15) is 0 Å². The lowest BCUT2D eigenvalue weighted by molar-refractivity contribution is 0.575. The van der Waals surface area contributed by atoms with Gasteiger partial charge in [0.25, 0.3) is 0 Å². The summed E-state index contributed by atoms with van der Waals surface area (Å²) in [6.07, 6.45) is 13.0. The van der Waals surface area contributed by atoms with Crippen molar-refractivity contribution in [2.45, 2.75) is 37.8 Å². The second-order valence-electron chi connectivity index (χ2n) is 6.06. The summed E-state index contributed by atoms with van der Waals surface area (Å²) >= 11 is 0. The van der Waals surface area contributed by atoms with Gasteiger partial charge in [-0.05, 0) is 66.9 Å². The molecule has 3 aliphatic heterocycles. The maximum Gasteiger partial charge on any atom is 0.121 e. The zero-order valence-corrected chi connectivity index (χ0v) is 12.6. The van der Waals surface area contributed by atoms with Crippen LogP contribution in [0.25, 0.3) is 0 Å². The first-order valence-corrected chi connectivity index (χ1v) is 8.09. The number of benzene rings is 1. The molecule has 112 valence electrons. The van der Waals surface area contributed by atoms with Crippen LogP contribution in [-0.4, -0.2) is 12.1 Å². The highest BCUT2D eigenvalue weighted by Crippen LogP contribution is 2.32. The molecule has 0 amide bonds. The molecule has 3 heterocycles. The Balaban J connectivity index is 1.63. The van der Waals surface area contributed by atoms with Crippen molar-refractivity contribution >= 4 is 5.69 Å². The topological polar surface area (TPSA) is 36.1 Å². The van der Waals surface area contributed by atoms with Crippen molar-refractivity contribution in [1.82, 2.24) is 10.6 Å². The molecule has 0 aromatic heterocycles. The lowest BCUT2D eigenvalue weighted by atomic mass is 9.86. The third-order valence-electron chi connectivity index (χ3n) is 4.67. The van der Waals surface area contributed by atoms with E-state index in [4.69, 9.17) is 0 Å². The molecule has 22 heavy (non-hydrogen) atoms. The van der Waals surface area contributed by atoms with Gasteiger partial charge in [0, 0.05) is 5.69 Å². The van der Waals surface area contributed by atoms with Crippen LogP contribution in [0.1, 0.15) is 24.8 Å². The zero-order chi connectivity index (χ0) is 14.8. The summed E-state index contributed by atoms with van der Waals surface area (Å²) in [6.45, 7) is 3.37. The lowest BCUT2D eigenvalue weighted by Crippen LogP contribution is -2.36. The molecule has 0 saturated heterocycles. The van der Waals surface area contributed by atoms with Crippen molar-refractivity contribution in [2.24, 2.45) is 0 Å². The Morgan fingerprint density at radius 2 is 2.00 bits per heavy atom. The monoisotopic (exact) mass is 291 g/mol. The largest absolute Gasteiger partial charge is 0.385 e. The van der Waals surface area contributed by atoms with E-state index >= 15 is 0 Å². The summed E-state index contributed by atoms with van der Waals surface area (Å²) in [4.78, 5) is 0. The molecule has 4 rings (SSSR count). The standard InChI is InChI=1S/C19H21N3/c1-2-6-17-14(5-1)8-9-19(22-17)15-10-12-20-13-16(15)18-7-3-4-11-21-18/h1-2,4-6,10-12,18-22H,3,7-9H2. The van der Waals surface area contributed by atoms with E-state index in [1.54, 1.807) is 0 Å². The van der Waals surface area contributed by atoms with Crippen LogP contribution in [0.3, 0.4) is 0 Å². The van der Waals surface area contributed by atoms with E-state index in [2.05, 4.69) is 65.1 Å². The predicted octanol–water partition coefficient (Wildman–Crippen LogP) is 3.13. The van der Waals surface area contributed by atoms with Crippen LogP contribution in [0, 0.1) is 6.54 Å². The number of para-hydroxylation sites is 1. The van der Waals surface area contributed by atoms with Crippen molar-refractivity contribution in [1.29, 1.82) is 0 Å². The second kappa shape index (κ2) is 5.91. The Labute approximate surface area is 132 Å². The SMILES string of the molecule is [C]1NC=CC(C2CCc3ccccc3N2)=C1C1CCC=CN1. The van der Waals surface area contributed by atoms with Crippen LogP contribution < -0.4 is 16.0 Å². The average Bonchev–Trinajstić information content (AvgIpc) is 2.62. The Kier molecular flexibility index (Phi) is 3.63. The van der Waals surface area contributed by atoms with E-state index in [1.807, 2.05) is 6.20 Å². The number of dihydropyridines is 1. The summed E-state index contributed by atoms with van der Waals surface area (Å²) < 4.78 is 0. The van der Waals surface area contributed by atoms with Crippen molar-refractivity contribution in [3.05, 3.63) is 72.1 Å². The Morgan fingerprint density at radius 3 is 2.91 bits per heavy atom. The number of fused-ring (bicyclic) bond motifs is 1. The van der Waals surface area contributed by atoms with Gasteiger partial charge in [0.2, 0.25) is 0 Å². The number of hydrogen-bond donors (Lipinski definition) is 3. The molecule has 3 heteroatoms. The first-order chi connectivity index (χ1) is 10.9. The van der Waals surface area contributed by atoms with Crippen molar-refractivity contribution in [3.63, 3.8) is 0 Å². The Hall–Kier alpha value is -2.16. The van der Waals surface area contributed by atoms with E-state index in [0.29, 0.717) is 12.1 Å². The van der Waals surface area contributed by atoms with Gasteiger partial charge in [0.1, 0.15) is 6.54 Å². The van der Waals surface area contributed by atoms with E-state index < -0.39 is 0 Å². The Morgan fingerprint density at radius 1 is 1.05 bits per heavy atom. The molecule has 3 aliphatic rings. The zero-order valence-electron chi connectivity index (χ0n) is 12.6. The molecular formula is C19H21N3. The number of rotatable bonds is 2. The fraction of sp³-hybridized carbons (Fsp3) is 0.316. The number of anilines is 1. The molecule has 2 radical (unpaired) electrons. The fourth-order valence-corrected chi connectivity index (χ4v) is 3.52. The minimum absolute atomic E-state index is 0.358. The molecule has 0 aliphatic carbocycles. The summed E-state index contributed by atoms with van der Waals surface area (Å²) in [5.74, 6) is 0. The van der Waals surface area contributed by atoms with Gasteiger partial charge >= 0.3 is 0 Å². The maximum atomic E-state index is 3.71. The molecule has 1 aromatic carbocycles. The van der Waals surface area contributed by atoms with Crippen molar-refractivity contribution in [3.8, 4) is 0 Å². The number of aryl methyl sites for hydroxylation is 1. The smallest absolute Gasteiger partial charge is 0.121 e. The van der Waals surface area contributed by atoms with Gasteiger partial charge in [0.05, 0.1) is 12.1 Å². The minimum atomic E-state index is 0.358. The average molecular weight is 291 g/mol. The van der Waals surface area contributed by atoms with E-state index in [1.165, 1.54) is 22.4 Å². The van der Waals surface area contributed by atoms with E-state index in [9.17, 15) is 0 Å². The normalized spacial score (nSPS) is 26.7. The first-order valence-electron chi connectivity index (χ1n) is 8.09. The van der Waals surface area contributed by atoms with Crippen LogP contribution in [0.4, 0.5) is 5.69 Å². The van der Waals surface area contributed by atoms with Crippen molar-refractivity contribution in [2.75, 3.05) is 5.32 Å². The summed E-state index contributed by atoms with van der Waals surface area (Å²) in [5, 5.41) is 10.3. The van der Waals surface area contributed by atoms with Gasteiger partial charge in [-0.3, -0.25) is 0 Å². The molecule has 2 unspecified atom stereocenters. The fourth-order valence-electron chi connectivity index (χ4n) is 3.52. The molecule has 2 atom stereocenters. The van der Waals surface area contributed by atoms with Gasteiger partial charge in [0.15, 0.2) is 0 Å². The molecule has 0 bridgehead atoms. The van der Waals surface area contributed by atoms with Crippen LogP contribution in [0.15, 0.2) is 60.0 Å². The second-order valence-corrected chi connectivity index (χ2v) is 6.06. The Bertz CT molecular complexity index is 642. The van der Waals surface area contributed by atoms with Crippen LogP contribution in [-0.2, 0) is 6.42 Å². The van der Waals surface area contributed by atoms with Gasteiger partial charge < -0.3 is 16.0 Å². The molecule has 0 fully saturated rings. The van der Waals surface area contributed by atoms with Crippen LogP contribution in [0.2, 0.25) is 0 Å². The highest BCUT2D eigenvalue weighted by molar-refractivity contribution is 5.57. The third kappa shape index (κ3) is 2.52. The van der Waals surface area contributed by atoms with Gasteiger partial charge in [-0.15, -0.1) is 0 Å².